The van der Waals surface area contributed by atoms with E-state index in [0.717, 1.165) is 0 Å². The minimum atomic E-state index is -1.07. The van der Waals surface area contributed by atoms with Crippen molar-refractivity contribution in [3.05, 3.63) is 34.9 Å². The van der Waals surface area contributed by atoms with Crippen LogP contribution in [0.2, 0.25) is 0 Å². The summed E-state index contributed by atoms with van der Waals surface area (Å²) in [4.78, 5) is 69.5. The number of rotatable bonds is 10. The van der Waals surface area contributed by atoms with E-state index < -0.39 is 46.3 Å². The minimum absolute atomic E-state index is 0.144. The Morgan fingerprint density at radius 1 is 0.833 bits per heavy atom. The number of ketones is 3. The lowest BCUT2D eigenvalue weighted by Gasteiger charge is -2.46. The van der Waals surface area contributed by atoms with Gasteiger partial charge in [-0.2, -0.15) is 0 Å². The number of methoxy groups -OCH3 is 2. The Bertz CT molecular complexity index is 1220. The summed E-state index contributed by atoms with van der Waals surface area (Å²) in [5.74, 6) is -5.54. The number of nitrogens with zero attached hydrogens (tertiary/aromatic N) is 2. The maximum atomic E-state index is 13.7. The molecule has 0 aromatic rings. The molecule has 1 aliphatic heterocycles. The Hall–Kier alpha value is -3.43. The molecule has 42 heavy (non-hydrogen) atoms. The standard InChI is InChI=1S/C32H46N2O8/c1-9-11-21(35)23-19(17-31(3,4)25(27(23)37)29(39)41-7)33-13-15-34(16-14-33)20-18-32(5,6)26(30(40)42-8)28(38)24(20)22(36)12-10-2/h17-18,23,25-26,38H,9-16H2,1-8H3/t23-,25+,26+/m0/s1. The molecule has 3 atom stereocenters. The average Bonchev–Trinajstić information content (AvgIpc) is 2.91. The summed E-state index contributed by atoms with van der Waals surface area (Å²) in [6, 6.07) is 0. The molecule has 0 aromatic carbocycles. The molecule has 3 aliphatic rings. The van der Waals surface area contributed by atoms with Gasteiger partial charge in [-0.05, 0) is 12.8 Å². The van der Waals surface area contributed by atoms with E-state index in [-0.39, 0.29) is 35.7 Å². The van der Waals surface area contributed by atoms with Crippen LogP contribution in [0.15, 0.2) is 34.9 Å². The lowest BCUT2D eigenvalue weighted by Crippen LogP contribution is -2.53. The van der Waals surface area contributed by atoms with Gasteiger partial charge in [0, 0.05) is 61.2 Å². The van der Waals surface area contributed by atoms with Crippen LogP contribution in [-0.4, -0.2) is 84.6 Å². The number of hydrogen-bond acceptors (Lipinski definition) is 10. The molecule has 1 heterocycles. The number of carbonyl (C=O) groups is 5. The van der Waals surface area contributed by atoms with Crippen LogP contribution in [0.3, 0.4) is 0 Å². The molecule has 0 spiro atoms. The fraction of sp³-hybridized carbons (Fsp3) is 0.656. The molecule has 1 saturated heterocycles. The zero-order chi connectivity index (χ0) is 31.6. The Labute approximate surface area is 248 Å². The molecular weight excluding hydrogens is 540 g/mol. The summed E-state index contributed by atoms with van der Waals surface area (Å²) in [7, 11) is 2.50. The van der Waals surface area contributed by atoms with E-state index in [1.807, 2.05) is 49.6 Å². The van der Waals surface area contributed by atoms with E-state index in [1.54, 1.807) is 13.8 Å². The van der Waals surface area contributed by atoms with Gasteiger partial charge in [0.15, 0.2) is 11.6 Å². The molecule has 1 fully saturated rings. The molecule has 0 saturated carbocycles. The first-order valence-corrected chi connectivity index (χ1v) is 14.8. The van der Waals surface area contributed by atoms with Crippen molar-refractivity contribution in [2.24, 2.45) is 28.6 Å². The van der Waals surface area contributed by atoms with Gasteiger partial charge in [0.25, 0.3) is 0 Å². The second-order valence-electron chi connectivity index (χ2n) is 12.6. The van der Waals surface area contributed by atoms with Crippen molar-refractivity contribution in [3.63, 3.8) is 0 Å². The van der Waals surface area contributed by atoms with Crippen LogP contribution in [0.4, 0.5) is 0 Å². The van der Waals surface area contributed by atoms with E-state index in [1.165, 1.54) is 14.2 Å². The highest BCUT2D eigenvalue weighted by atomic mass is 16.5. The number of carbonyl (C=O) groups excluding carboxylic acids is 5. The third kappa shape index (κ3) is 6.17. The second kappa shape index (κ2) is 12.8. The van der Waals surface area contributed by atoms with Gasteiger partial charge in [0.2, 0.25) is 0 Å². The van der Waals surface area contributed by atoms with Crippen LogP contribution >= 0.6 is 0 Å². The Morgan fingerprint density at radius 3 is 1.86 bits per heavy atom. The highest BCUT2D eigenvalue weighted by molar-refractivity contribution is 6.13. The van der Waals surface area contributed by atoms with Gasteiger partial charge in [-0.15, -0.1) is 0 Å². The van der Waals surface area contributed by atoms with Crippen LogP contribution in [0.25, 0.3) is 0 Å². The van der Waals surface area contributed by atoms with Crippen LogP contribution in [0.1, 0.15) is 67.2 Å². The molecule has 10 nitrogen and oxygen atoms in total. The van der Waals surface area contributed by atoms with Gasteiger partial charge < -0.3 is 24.4 Å². The summed E-state index contributed by atoms with van der Waals surface area (Å²) in [6.45, 7) is 12.8. The van der Waals surface area contributed by atoms with E-state index >= 15 is 0 Å². The van der Waals surface area contributed by atoms with Gasteiger partial charge in [-0.1, -0.05) is 53.7 Å². The quantitative estimate of drug-likeness (QED) is 0.298. The fourth-order valence-electron chi connectivity index (χ4n) is 6.51. The van der Waals surface area contributed by atoms with Gasteiger partial charge in [-0.25, -0.2) is 0 Å². The SMILES string of the molecule is CCCC(=O)C1=C(O)[C@H](C(=O)OC)C(C)(C)C=C1N1CCN(C2=CC(C)(C)[C@@H](C(=O)OC)C(=O)[C@@H]2C(=O)CCC)CC1. The summed E-state index contributed by atoms with van der Waals surface area (Å²) < 4.78 is 9.90. The molecule has 1 N–H and O–H groups in total. The Balaban J connectivity index is 1.97. The van der Waals surface area contributed by atoms with Gasteiger partial charge >= 0.3 is 11.9 Å². The first-order valence-electron chi connectivity index (χ1n) is 14.8. The molecule has 232 valence electrons. The number of allylic oxidation sites excluding steroid dienone is 4. The maximum Gasteiger partial charge on any atom is 0.317 e. The smallest absolute Gasteiger partial charge is 0.317 e. The van der Waals surface area contributed by atoms with Crippen molar-refractivity contribution in [3.8, 4) is 0 Å². The molecule has 0 amide bonds. The molecule has 2 aliphatic carbocycles. The first kappa shape index (κ1) is 33.1. The number of ether oxygens (including phenoxy) is 2. The van der Waals surface area contributed by atoms with Crippen LogP contribution < -0.4 is 0 Å². The predicted molar refractivity (Wildman–Crippen MR) is 156 cm³/mol. The number of esters is 2. The average molecular weight is 587 g/mol. The largest absolute Gasteiger partial charge is 0.511 e. The van der Waals surface area contributed by atoms with Crippen molar-refractivity contribution >= 4 is 29.3 Å². The van der Waals surface area contributed by atoms with Crippen LogP contribution in [0.5, 0.6) is 0 Å². The molecule has 0 aromatic heterocycles. The summed E-state index contributed by atoms with van der Waals surface area (Å²) in [5, 5.41) is 11.3. The molecular formula is C32H46N2O8. The molecule has 0 bridgehead atoms. The Kier molecular flexibility index (Phi) is 10.1. The Morgan fingerprint density at radius 2 is 1.33 bits per heavy atom. The minimum Gasteiger partial charge on any atom is -0.511 e. The zero-order valence-electron chi connectivity index (χ0n) is 26.2. The second-order valence-corrected chi connectivity index (χ2v) is 12.6. The number of aliphatic hydroxyl groups excluding tert-OH is 1. The van der Waals surface area contributed by atoms with Gasteiger partial charge in [-0.3, -0.25) is 24.0 Å². The predicted octanol–water partition coefficient (Wildman–Crippen LogP) is 3.77. The van der Waals surface area contributed by atoms with E-state index in [9.17, 15) is 29.1 Å². The van der Waals surface area contributed by atoms with Crippen molar-refractivity contribution in [2.45, 2.75) is 67.2 Å². The third-order valence-electron chi connectivity index (χ3n) is 8.60. The van der Waals surface area contributed by atoms with Crippen molar-refractivity contribution in [1.29, 1.82) is 0 Å². The molecule has 10 heteroatoms. The topological polar surface area (TPSA) is 131 Å². The summed E-state index contributed by atoms with van der Waals surface area (Å²) >= 11 is 0. The first-order chi connectivity index (χ1) is 19.7. The van der Waals surface area contributed by atoms with E-state index in [0.29, 0.717) is 50.4 Å². The number of hydrogen-bond donors (Lipinski definition) is 1. The van der Waals surface area contributed by atoms with Crippen LogP contribution in [0, 0.1) is 28.6 Å². The monoisotopic (exact) mass is 586 g/mol. The lowest BCUT2D eigenvalue weighted by molar-refractivity contribution is -0.156. The van der Waals surface area contributed by atoms with Crippen molar-refractivity contribution in [1.82, 2.24) is 9.80 Å². The maximum absolute atomic E-state index is 13.7. The highest BCUT2D eigenvalue weighted by Crippen LogP contribution is 2.45. The molecule has 0 radical (unpaired) electrons. The zero-order valence-corrected chi connectivity index (χ0v) is 26.2. The summed E-state index contributed by atoms with van der Waals surface area (Å²) in [5.41, 5.74) is -0.346. The van der Waals surface area contributed by atoms with Gasteiger partial charge in [0.05, 0.1) is 19.8 Å². The normalized spacial score (nSPS) is 25.4. The number of piperazine rings is 1. The lowest BCUT2D eigenvalue weighted by atomic mass is 9.66. The third-order valence-corrected chi connectivity index (χ3v) is 8.60. The highest BCUT2D eigenvalue weighted by Gasteiger charge is 2.51. The molecule has 3 rings (SSSR count). The fourth-order valence-corrected chi connectivity index (χ4v) is 6.51. The van der Waals surface area contributed by atoms with Crippen molar-refractivity contribution in [2.75, 3.05) is 40.4 Å². The summed E-state index contributed by atoms with van der Waals surface area (Å²) in [6.07, 6.45) is 5.34. The molecule has 0 unspecified atom stereocenters. The number of Topliss-reactive ketones (excluding diaryl/α,β-unsaturated/α-hetero) is 3. The van der Waals surface area contributed by atoms with Gasteiger partial charge in [0.1, 0.15) is 29.3 Å². The number of aliphatic hydroxyl groups is 1. The van der Waals surface area contributed by atoms with E-state index in [2.05, 4.69) is 0 Å². The van der Waals surface area contributed by atoms with E-state index in [4.69, 9.17) is 9.47 Å². The van der Waals surface area contributed by atoms with Crippen LogP contribution in [-0.2, 0) is 33.4 Å². The van der Waals surface area contributed by atoms with Crippen molar-refractivity contribution < 1.29 is 38.6 Å².